The first-order chi connectivity index (χ1) is 23.3. The molecule has 2 amide bonds. The van der Waals surface area contributed by atoms with Crippen LogP contribution in [0.5, 0.6) is 0 Å². The number of piperidine rings is 2. The van der Waals surface area contributed by atoms with Crippen molar-refractivity contribution in [3.8, 4) is 0 Å². The van der Waals surface area contributed by atoms with Crippen LogP contribution in [0.2, 0.25) is 0 Å². The van der Waals surface area contributed by atoms with Gasteiger partial charge in [0.1, 0.15) is 11.4 Å². The first-order valence-corrected chi connectivity index (χ1v) is 17.0. The van der Waals surface area contributed by atoms with Crippen LogP contribution in [0, 0.1) is 12.5 Å². The second kappa shape index (κ2) is 15.6. The lowest BCUT2D eigenvalue weighted by atomic mass is 9.95. The van der Waals surface area contributed by atoms with E-state index >= 15 is 0 Å². The van der Waals surface area contributed by atoms with Crippen LogP contribution in [0.1, 0.15) is 52.0 Å². The molecule has 1 aromatic heterocycles. The summed E-state index contributed by atoms with van der Waals surface area (Å²) in [6.45, 7) is 19.8. The smallest absolute Gasteiger partial charge is 0.410 e. The summed E-state index contributed by atoms with van der Waals surface area (Å²) >= 11 is 0. The fraction of sp³-hybridized carbons (Fsp3) is 0.600. The normalized spacial score (nSPS) is 18.7. The van der Waals surface area contributed by atoms with Gasteiger partial charge < -0.3 is 29.5 Å². The van der Waals surface area contributed by atoms with Crippen molar-refractivity contribution in [1.82, 2.24) is 14.8 Å². The molecule has 266 valence electrons. The number of ether oxygens (including phenoxy) is 2. The molecule has 5 rings (SSSR count). The molecule has 3 aliphatic heterocycles. The number of nitrogens with zero attached hydrogens (tertiary/aromatic N) is 6. The van der Waals surface area contributed by atoms with Gasteiger partial charge in [-0.15, -0.1) is 0 Å². The van der Waals surface area contributed by atoms with Crippen molar-refractivity contribution in [3.05, 3.63) is 53.5 Å². The highest BCUT2D eigenvalue weighted by molar-refractivity contribution is 5.92. The topological polar surface area (TPSA) is 94.8 Å². The first-order valence-electron chi connectivity index (χ1n) is 17.0. The number of benzene rings is 1. The summed E-state index contributed by atoms with van der Waals surface area (Å²) in [4.78, 5) is 41.0. The maximum atomic E-state index is 13.4. The van der Waals surface area contributed by atoms with E-state index < -0.39 is 23.0 Å². The van der Waals surface area contributed by atoms with Crippen molar-refractivity contribution >= 4 is 34.9 Å². The van der Waals surface area contributed by atoms with Crippen molar-refractivity contribution in [1.29, 1.82) is 0 Å². The Morgan fingerprint density at radius 3 is 2.16 bits per heavy atom. The average molecular weight is 686 g/mol. The third kappa shape index (κ3) is 9.98. The fourth-order valence-electron chi connectivity index (χ4n) is 6.43. The zero-order valence-corrected chi connectivity index (χ0v) is 28.5. The van der Waals surface area contributed by atoms with Gasteiger partial charge in [-0.05, 0) is 70.7 Å². The highest BCUT2D eigenvalue weighted by Gasteiger charge is 2.35. The van der Waals surface area contributed by atoms with Gasteiger partial charge in [-0.1, -0.05) is 6.07 Å². The number of rotatable bonds is 8. The minimum atomic E-state index is -4.60. The number of anilines is 3. The van der Waals surface area contributed by atoms with Gasteiger partial charge in [0, 0.05) is 70.5 Å². The average Bonchev–Trinajstić information content (AvgIpc) is 3.08. The maximum Gasteiger partial charge on any atom is 0.410 e. The SMILES string of the molecule is [C-]#[N+]c1ccc(N2CCC(C(=O)Nc3ccc(N4CCN(CCOC5CCN(C(=O)OC(C)(C)C)CC5)CC4)cn3)CC2)cc1C(F)(F)F. The molecule has 49 heavy (non-hydrogen) atoms. The maximum absolute atomic E-state index is 13.4. The Labute approximate surface area is 286 Å². The predicted octanol–water partition coefficient (Wildman–Crippen LogP) is 6.04. The summed E-state index contributed by atoms with van der Waals surface area (Å²) in [6, 6.07) is 7.52. The van der Waals surface area contributed by atoms with Gasteiger partial charge in [0.2, 0.25) is 5.91 Å². The summed E-state index contributed by atoms with van der Waals surface area (Å²) in [6.07, 6.45) is -0.319. The van der Waals surface area contributed by atoms with Gasteiger partial charge in [-0.3, -0.25) is 9.69 Å². The molecule has 3 aliphatic rings. The summed E-state index contributed by atoms with van der Waals surface area (Å²) in [5, 5.41) is 2.90. The van der Waals surface area contributed by atoms with Crippen LogP contribution in [0.15, 0.2) is 36.5 Å². The van der Waals surface area contributed by atoms with Crippen LogP contribution in [-0.2, 0) is 20.4 Å². The van der Waals surface area contributed by atoms with Gasteiger partial charge >= 0.3 is 12.3 Å². The van der Waals surface area contributed by atoms with Crippen LogP contribution in [0.25, 0.3) is 4.85 Å². The minimum absolute atomic E-state index is 0.149. The molecule has 0 aliphatic carbocycles. The van der Waals surface area contributed by atoms with E-state index in [9.17, 15) is 22.8 Å². The quantitative estimate of drug-likeness (QED) is 0.336. The molecule has 1 aromatic carbocycles. The van der Waals surface area contributed by atoms with Gasteiger partial charge in [0.15, 0.2) is 5.69 Å². The van der Waals surface area contributed by atoms with Crippen molar-refractivity contribution in [2.24, 2.45) is 5.92 Å². The molecule has 0 bridgehead atoms. The van der Waals surface area contributed by atoms with Crippen LogP contribution in [0.3, 0.4) is 0 Å². The van der Waals surface area contributed by atoms with E-state index in [2.05, 4.69) is 24.9 Å². The predicted molar refractivity (Wildman–Crippen MR) is 181 cm³/mol. The molecular weight excluding hydrogens is 639 g/mol. The van der Waals surface area contributed by atoms with Gasteiger partial charge in [-0.2, -0.15) is 13.2 Å². The Morgan fingerprint density at radius 2 is 1.57 bits per heavy atom. The number of aromatic nitrogens is 1. The van der Waals surface area contributed by atoms with E-state index in [4.69, 9.17) is 16.0 Å². The van der Waals surface area contributed by atoms with Crippen molar-refractivity contribution in [3.63, 3.8) is 0 Å². The van der Waals surface area contributed by atoms with E-state index in [0.717, 1.165) is 57.3 Å². The number of alkyl halides is 3. The number of pyridine rings is 1. The summed E-state index contributed by atoms with van der Waals surface area (Å²) in [7, 11) is 0. The molecule has 14 heteroatoms. The Balaban J connectivity index is 0.990. The number of hydrogen-bond donors (Lipinski definition) is 1. The lowest BCUT2D eigenvalue weighted by Crippen LogP contribution is -2.48. The summed E-state index contributed by atoms with van der Waals surface area (Å²) in [5.74, 6) is 0.0431. The van der Waals surface area contributed by atoms with E-state index in [1.807, 2.05) is 31.7 Å². The number of nitrogens with one attached hydrogen (secondary N) is 1. The number of piperazine rings is 1. The van der Waals surface area contributed by atoms with Gasteiger partial charge in [0.25, 0.3) is 0 Å². The van der Waals surface area contributed by atoms with Gasteiger partial charge in [0.05, 0.1) is 36.7 Å². The highest BCUT2D eigenvalue weighted by atomic mass is 19.4. The van der Waals surface area contributed by atoms with Crippen molar-refractivity contribution < 1.29 is 32.2 Å². The monoisotopic (exact) mass is 685 g/mol. The Bertz CT molecular complexity index is 1470. The van der Waals surface area contributed by atoms with Crippen LogP contribution >= 0.6 is 0 Å². The van der Waals surface area contributed by atoms with Crippen LogP contribution in [-0.4, -0.2) is 104 Å². The number of amides is 2. The minimum Gasteiger partial charge on any atom is -0.444 e. The van der Waals surface area contributed by atoms with E-state index in [-0.39, 0.29) is 24.0 Å². The lowest BCUT2D eigenvalue weighted by Gasteiger charge is -2.36. The molecule has 3 fully saturated rings. The molecule has 3 saturated heterocycles. The fourth-order valence-corrected chi connectivity index (χ4v) is 6.43. The molecule has 0 atom stereocenters. The Kier molecular flexibility index (Phi) is 11.5. The molecular formula is C35H46F3N7O4. The number of carbonyl (C=O) groups is 2. The molecule has 0 radical (unpaired) electrons. The zero-order valence-electron chi connectivity index (χ0n) is 28.5. The molecule has 2 aromatic rings. The molecule has 0 saturated carbocycles. The van der Waals surface area contributed by atoms with Crippen LogP contribution < -0.4 is 15.1 Å². The van der Waals surface area contributed by atoms with Gasteiger partial charge in [-0.25, -0.2) is 14.6 Å². The molecule has 4 heterocycles. The van der Waals surface area contributed by atoms with E-state index in [1.165, 1.54) is 12.1 Å². The summed E-state index contributed by atoms with van der Waals surface area (Å²) < 4.78 is 51.8. The number of likely N-dealkylation sites (tertiary alicyclic amines) is 1. The second-order valence-electron chi connectivity index (χ2n) is 13.8. The Morgan fingerprint density at radius 1 is 0.918 bits per heavy atom. The molecule has 1 N–H and O–H groups in total. The molecule has 11 nitrogen and oxygen atoms in total. The number of halogens is 3. The molecule has 0 unspecified atom stereocenters. The second-order valence-corrected chi connectivity index (χ2v) is 13.8. The van der Waals surface area contributed by atoms with Crippen LogP contribution in [0.4, 0.5) is 40.8 Å². The summed E-state index contributed by atoms with van der Waals surface area (Å²) in [5.41, 5.74) is -0.460. The van der Waals surface area contributed by atoms with Crippen molar-refractivity contribution in [2.45, 2.75) is 64.3 Å². The van der Waals surface area contributed by atoms with E-state index in [1.54, 1.807) is 17.2 Å². The highest BCUT2D eigenvalue weighted by Crippen LogP contribution is 2.39. The third-order valence-corrected chi connectivity index (χ3v) is 9.23. The van der Waals surface area contributed by atoms with E-state index in [0.29, 0.717) is 57.1 Å². The third-order valence-electron chi connectivity index (χ3n) is 9.23. The molecule has 0 spiro atoms. The number of carbonyl (C=O) groups excluding carboxylic acids is 2. The number of hydrogen-bond acceptors (Lipinski definition) is 8. The standard InChI is InChI=1S/C35H46F3N7O4/c1-34(2,3)49-33(47)45-15-11-28(12-16-45)48-22-21-42-17-19-44(20-18-42)27-6-8-31(40-24-27)41-32(46)25-9-13-43(14-10-25)26-5-7-30(39-4)29(23-26)35(36,37)38/h5-8,23-25,28H,9-22H2,1-3H3,(H,40,41,46). The Hall–Kier alpha value is -4.09. The largest absolute Gasteiger partial charge is 0.444 e. The first kappa shape index (κ1) is 36.2. The zero-order chi connectivity index (χ0) is 35.2. The van der Waals surface area contributed by atoms with Crippen molar-refractivity contribution in [2.75, 3.05) is 80.6 Å². The lowest BCUT2D eigenvalue weighted by molar-refractivity contribution is -0.136.